The molecule has 0 unspecified atom stereocenters. The Morgan fingerprint density at radius 1 is 1.48 bits per heavy atom. The monoisotopic (exact) mass is 379 g/mol. The lowest BCUT2D eigenvalue weighted by Crippen LogP contribution is -2.30. The maximum Gasteiger partial charge on any atom is 0.269 e. The van der Waals surface area contributed by atoms with Gasteiger partial charge in [0.1, 0.15) is 0 Å². The largest absolute Gasteiger partial charge is 0.360 e. The number of hydrogen-bond donors (Lipinski definition) is 1. The van der Waals surface area contributed by atoms with E-state index in [0.29, 0.717) is 13.0 Å². The summed E-state index contributed by atoms with van der Waals surface area (Å²) in [4.78, 5) is 24.6. The number of nitrogens with one attached hydrogen (secondary N) is 1. The molecule has 25 heavy (non-hydrogen) atoms. The molecule has 1 aliphatic rings. The lowest BCUT2D eigenvalue weighted by molar-refractivity contribution is -0.384. The van der Waals surface area contributed by atoms with E-state index in [9.17, 15) is 14.9 Å². The lowest BCUT2D eigenvalue weighted by atomic mass is 10.1. The van der Waals surface area contributed by atoms with Crippen LogP contribution in [0.3, 0.4) is 0 Å². The van der Waals surface area contributed by atoms with E-state index in [2.05, 4.69) is 22.4 Å². The van der Waals surface area contributed by atoms with Gasteiger partial charge in [0, 0.05) is 30.9 Å². The van der Waals surface area contributed by atoms with E-state index in [4.69, 9.17) is 0 Å². The van der Waals surface area contributed by atoms with Crippen LogP contribution in [0.25, 0.3) is 0 Å². The molecule has 1 aromatic carbocycles. The fraction of sp³-hybridized carbons (Fsp3) is 0.400. The first kappa shape index (κ1) is 17.6. The Kier molecular flexibility index (Phi) is 5.49. The van der Waals surface area contributed by atoms with Crippen molar-refractivity contribution in [1.82, 2.24) is 10.2 Å². The van der Waals surface area contributed by atoms with Gasteiger partial charge >= 0.3 is 0 Å². The molecule has 1 amide bonds. The minimum absolute atomic E-state index is 0.0316. The van der Waals surface area contributed by atoms with E-state index in [0.717, 1.165) is 33.7 Å². The summed E-state index contributed by atoms with van der Waals surface area (Å²) >= 11 is 2.79. The van der Waals surface area contributed by atoms with E-state index >= 15 is 0 Å². The van der Waals surface area contributed by atoms with Crippen molar-refractivity contribution in [3.63, 3.8) is 0 Å². The molecule has 0 aliphatic carbocycles. The fourth-order valence-electron chi connectivity index (χ4n) is 2.53. The minimum atomic E-state index is -0.416. The molecule has 0 fully saturated rings. The van der Waals surface area contributed by atoms with E-state index in [1.54, 1.807) is 17.0 Å². The van der Waals surface area contributed by atoms with Crippen molar-refractivity contribution in [3.05, 3.63) is 33.9 Å². The van der Waals surface area contributed by atoms with Gasteiger partial charge in [-0.2, -0.15) is 0 Å². The van der Waals surface area contributed by atoms with Crippen LogP contribution in [0.2, 0.25) is 0 Å². The van der Waals surface area contributed by atoms with Gasteiger partial charge in [-0.15, -0.1) is 10.2 Å². The van der Waals surface area contributed by atoms with E-state index in [-0.39, 0.29) is 17.3 Å². The quantitative estimate of drug-likeness (QED) is 0.448. The Bertz CT molecular complexity index is 795. The number of carbonyl (C=O) groups is 1. The molecule has 3 rings (SSSR count). The number of nitro groups is 1. The predicted molar refractivity (Wildman–Crippen MR) is 98.6 cm³/mol. The molecule has 8 nitrogen and oxygen atoms in total. The molecule has 1 aromatic heterocycles. The van der Waals surface area contributed by atoms with Crippen molar-refractivity contribution in [3.8, 4) is 0 Å². The normalized spacial score (nSPS) is 12.9. The van der Waals surface area contributed by atoms with Crippen LogP contribution in [0.4, 0.5) is 16.5 Å². The van der Waals surface area contributed by atoms with Crippen LogP contribution in [-0.4, -0.2) is 39.9 Å². The van der Waals surface area contributed by atoms with Crippen molar-refractivity contribution in [2.45, 2.75) is 24.1 Å². The van der Waals surface area contributed by atoms with Gasteiger partial charge in [-0.25, -0.2) is 0 Å². The molecule has 1 N–H and O–H groups in total. The first-order valence-electron chi connectivity index (χ1n) is 7.86. The molecule has 0 radical (unpaired) electrons. The third-order valence-electron chi connectivity index (χ3n) is 3.72. The molecule has 0 spiro atoms. The van der Waals surface area contributed by atoms with Gasteiger partial charge in [0.05, 0.1) is 10.7 Å². The zero-order chi connectivity index (χ0) is 17.8. The predicted octanol–water partition coefficient (Wildman–Crippen LogP) is 2.95. The summed E-state index contributed by atoms with van der Waals surface area (Å²) in [7, 11) is 0. The third-order valence-corrected chi connectivity index (χ3v) is 5.72. The third kappa shape index (κ3) is 4.07. The summed E-state index contributed by atoms with van der Waals surface area (Å²) < 4.78 is 0.745. The SMILES string of the molecule is CCCNc1nnc(SCC(=O)N2CCc3cc([N+](=O)[O-])ccc32)s1. The summed E-state index contributed by atoms with van der Waals surface area (Å²) in [6.07, 6.45) is 1.64. The van der Waals surface area contributed by atoms with Crippen LogP contribution in [0, 0.1) is 10.1 Å². The first-order valence-corrected chi connectivity index (χ1v) is 9.66. The molecule has 0 atom stereocenters. The number of nitro benzene ring substituents is 1. The number of carbonyl (C=O) groups excluding carboxylic acids is 1. The van der Waals surface area contributed by atoms with Gasteiger partial charge in [-0.05, 0) is 24.5 Å². The number of fused-ring (bicyclic) bond motifs is 1. The zero-order valence-corrected chi connectivity index (χ0v) is 15.2. The smallest absolute Gasteiger partial charge is 0.269 e. The molecule has 10 heteroatoms. The van der Waals surface area contributed by atoms with Crippen LogP contribution in [0.5, 0.6) is 0 Å². The van der Waals surface area contributed by atoms with Crippen LogP contribution < -0.4 is 10.2 Å². The van der Waals surface area contributed by atoms with Crippen molar-refractivity contribution in [2.75, 3.05) is 29.1 Å². The maximum atomic E-state index is 12.5. The number of non-ortho nitro benzene ring substituents is 1. The van der Waals surface area contributed by atoms with Gasteiger partial charge in [-0.3, -0.25) is 14.9 Å². The summed E-state index contributed by atoms with van der Waals surface area (Å²) in [5.74, 6) is 0.231. The molecule has 2 heterocycles. The van der Waals surface area contributed by atoms with Gasteiger partial charge in [0.15, 0.2) is 4.34 Å². The molecule has 2 aromatic rings. The summed E-state index contributed by atoms with van der Waals surface area (Å²) in [5.41, 5.74) is 1.66. The second kappa shape index (κ2) is 7.79. The number of rotatable bonds is 7. The van der Waals surface area contributed by atoms with Crippen LogP contribution >= 0.6 is 23.1 Å². The average Bonchev–Trinajstić information content (AvgIpc) is 3.23. The highest BCUT2D eigenvalue weighted by Crippen LogP contribution is 2.32. The Balaban J connectivity index is 1.60. The highest BCUT2D eigenvalue weighted by Gasteiger charge is 2.26. The fourth-order valence-corrected chi connectivity index (χ4v) is 4.19. The summed E-state index contributed by atoms with van der Waals surface area (Å²) in [5, 5.41) is 22.9. The number of thioether (sulfide) groups is 1. The van der Waals surface area contributed by atoms with Gasteiger partial charge in [0.2, 0.25) is 11.0 Å². The molecule has 0 bridgehead atoms. The number of hydrogen-bond acceptors (Lipinski definition) is 8. The standard InChI is InChI=1S/C15H17N5O3S2/c1-2-6-16-14-17-18-15(25-14)24-9-13(21)19-7-5-10-8-11(20(22)23)3-4-12(10)19/h3-4,8H,2,5-7,9H2,1H3,(H,16,17). The number of nitrogens with zero attached hydrogens (tertiary/aromatic N) is 4. The zero-order valence-electron chi connectivity index (χ0n) is 13.6. The average molecular weight is 379 g/mol. The molecule has 132 valence electrons. The first-order chi connectivity index (χ1) is 12.1. The molecule has 1 aliphatic heterocycles. The number of aromatic nitrogens is 2. The Morgan fingerprint density at radius 2 is 2.32 bits per heavy atom. The van der Waals surface area contributed by atoms with Gasteiger partial charge in [0.25, 0.3) is 5.69 Å². The van der Waals surface area contributed by atoms with Crippen LogP contribution in [0.1, 0.15) is 18.9 Å². The number of amides is 1. The maximum absolute atomic E-state index is 12.5. The van der Waals surface area contributed by atoms with Crippen molar-refractivity contribution < 1.29 is 9.72 Å². The summed E-state index contributed by atoms with van der Waals surface area (Å²) in [6, 6.07) is 4.64. The Morgan fingerprint density at radius 3 is 3.08 bits per heavy atom. The second-order valence-electron chi connectivity index (χ2n) is 5.45. The highest BCUT2D eigenvalue weighted by atomic mass is 32.2. The second-order valence-corrected chi connectivity index (χ2v) is 7.65. The van der Waals surface area contributed by atoms with Crippen molar-refractivity contribution >= 4 is 45.5 Å². The van der Waals surface area contributed by atoms with Crippen molar-refractivity contribution in [2.24, 2.45) is 0 Å². The summed E-state index contributed by atoms with van der Waals surface area (Å²) in [6.45, 7) is 3.47. The van der Waals surface area contributed by atoms with Gasteiger partial charge in [-0.1, -0.05) is 30.0 Å². The molecular weight excluding hydrogens is 362 g/mol. The van der Waals surface area contributed by atoms with E-state index < -0.39 is 4.92 Å². The Labute approximate surface area is 152 Å². The van der Waals surface area contributed by atoms with Gasteiger partial charge < -0.3 is 10.2 Å². The topological polar surface area (TPSA) is 101 Å². The van der Waals surface area contributed by atoms with Crippen LogP contribution in [-0.2, 0) is 11.2 Å². The lowest BCUT2D eigenvalue weighted by Gasteiger charge is -2.16. The number of benzene rings is 1. The van der Waals surface area contributed by atoms with Crippen LogP contribution in [0.15, 0.2) is 22.5 Å². The van der Waals surface area contributed by atoms with E-state index in [1.165, 1.54) is 29.2 Å². The molecule has 0 saturated heterocycles. The van der Waals surface area contributed by atoms with Crippen molar-refractivity contribution in [1.29, 1.82) is 0 Å². The Hall–Kier alpha value is -2.20. The minimum Gasteiger partial charge on any atom is -0.360 e. The number of anilines is 2. The highest BCUT2D eigenvalue weighted by molar-refractivity contribution is 8.01. The van der Waals surface area contributed by atoms with E-state index in [1.807, 2.05) is 0 Å². The molecular formula is C15H17N5O3S2. The molecule has 0 saturated carbocycles.